The van der Waals surface area contributed by atoms with Gasteiger partial charge in [0.05, 0.1) is 6.42 Å². The Hall–Kier alpha value is -3.58. The number of anilines is 1. The zero-order valence-electron chi connectivity index (χ0n) is 14.8. The third kappa shape index (κ3) is 4.21. The van der Waals surface area contributed by atoms with E-state index in [-0.39, 0.29) is 17.4 Å². The van der Waals surface area contributed by atoms with Crippen LogP contribution >= 0.6 is 12.2 Å². The van der Waals surface area contributed by atoms with Crippen molar-refractivity contribution in [3.05, 3.63) is 78.5 Å². The zero-order chi connectivity index (χ0) is 19.3. The lowest BCUT2D eigenvalue weighted by Crippen LogP contribution is -2.35. The van der Waals surface area contributed by atoms with Gasteiger partial charge in [-0.1, -0.05) is 36.4 Å². The standard InChI is InChI=1S/C21H16N4O2S/c26-18(12-14-6-2-1-3-7-14)24-21(28)23-16-9-4-8-15(13-16)20-25-19-17(27-20)10-5-11-22-19/h1-11,13H,12H2,(H2,23,24,26,28). The Morgan fingerprint density at radius 1 is 1.04 bits per heavy atom. The summed E-state index contributed by atoms with van der Waals surface area (Å²) in [7, 11) is 0. The fourth-order valence-electron chi connectivity index (χ4n) is 2.74. The average molecular weight is 388 g/mol. The molecule has 0 aliphatic carbocycles. The van der Waals surface area contributed by atoms with Crippen LogP contribution < -0.4 is 10.6 Å². The maximum Gasteiger partial charge on any atom is 0.230 e. The molecule has 0 radical (unpaired) electrons. The summed E-state index contributed by atoms with van der Waals surface area (Å²) in [4.78, 5) is 20.7. The molecule has 0 unspecified atom stereocenters. The number of carbonyl (C=O) groups is 1. The van der Waals surface area contributed by atoms with Gasteiger partial charge in [-0.15, -0.1) is 0 Å². The summed E-state index contributed by atoms with van der Waals surface area (Å²) in [5.41, 5.74) is 3.60. The van der Waals surface area contributed by atoms with Crippen molar-refractivity contribution in [1.29, 1.82) is 0 Å². The first-order valence-electron chi connectivity index (χ1n) is 8.64. The molecule has 0 atom stereocenters. The minimum absolute atomic E-state index is 0.176. The molecule has 2 aromatic heterocycles. The van der Waals surface area contributed by atoms with Crippen molar-refractivity contribution in [3.8, 4) is 11.5 Å². The molecule has 2 N–H and O–H groups in total. The number of oxazole rings is 1. The number of nitrogens with zero attached hydrogens (tertiary/aromatic N) is 2. The van der Waals surface area contributed by atoms with Crippen molar-refractivity contribution >= 4 is 40.2 Å². The van der Waals surface area contributed by atoms with Crippen LogP contribution in [0.1, 0.15) is 5.56 Å². The SMILES string of the molecule is O=C(Cc1ccccc1)NC(=S)Nc1cccc(-c2nc3ncccc3o2)c1. The molecule has 2 aromatic carbocycles. The van der Waals surface area contributed by atoms with Gasteiger partial charge in [0.2, 0.25) is 11.8 Å². The van der Waals surface area contributed by atoms with Crippen molar-refractivity contribution in [2.45, 2.75) is 6.42 Å². The topological polar surface area (TPSA) is 80.0 Å². The van der Waals surface area contributed by atoms with Crippen LogP contribution in [0.2, 0.25) is 0 Å². The first-order valence-corrected chi connectivity index (χ1v) is 9.05. The highest BCUT2D eigenvalue weighted by Crippen LogP contribution is 2.25. The molecule has 0 saturated heterocycles. The Morgan fingerprint density at radius 2 is 1.89 bits per heavy atom. The lowest BCUT2D eigenvalue weighted by Gasteiger charge is -2.10. The predicted molar refractivity (Wildman–Crippen MR) is 112 cm³/mol. The number of fused-ring (bicyclic) bond motifs is 1. The van der Waals surface area contributed by atoms with E-state index in [1.54, 1.807) is 12.3 Å². The Kier molecular flexibility index (Phi) is 5.07. The number of pyridine rings is 1. The van der Waals surface area contributed by atoms with Crippen molar-refractivity contribution in [1.82, 2.24) is 15.3 Å². The normalized spacial score (nSPS) is 10.6. The van der Waals surface area contributed by atoms with E-state index >= 15 is 0 Å². The summed E-state index contributed by atoms with van der Waals surface area (Å²) in [5, 5.41) is 5.94. The number of carbonyl (C=O) groups excluding carboxylic acids is 1. The number of benzene rings is 2. The van der Waals surface area contributed by atoms with E-state index in [4.69, 9.17) is 16.6 Å². The maximum atomic E-state index is 12.1. The second-order valence-corrected chi connectivity index (χ2v) is 6.50. The van der Waals surface area contributed by atoms with Gasteiger partial charge in [0.1, 0.15) is 0 Å². The highest BCUT2D eigenvalue weighted by Gasteiger charge is 2.10. The summed E-state index contributed by atoms with van der Waals surface area (Å²) in [6, 6.07) is 20.5. The molecule has 0 aliphatic rings. The van der Waals surface area contributed by atoms with E-state index in [0.29, 0.717) is 17.1 Å². The molecule has 0 spiro atoms. The summed E-state index contributed by atoms with van der Waals surface area (Å²) in [5.74, 6) is 0.293. The predicted octanol–water partition coefficient (Wildman–Crippen LogP) is 3.95. The van der Waals surface area contributed by atoms with Gasteiger partial charge in [0, 0.05) is 17.4 Å². The Morgan fingerprint density at radius 3 is 2.71 bits per heavy atom. The van der Waals surface area contributed by atoms with E-state index in [9.17, 15) is 4.79 Å². The minimum atomic E-state index is -0.176. The second kappa shape index (κ2) is 7.98. The lowest BCUT2D eigenvalue weighted by atomic mass is 10.1. The number of hydrogen-bond donors (Lipinski definition) is 2. The van der Waals surface area contributed by atoms with Crippen molar-refractivity contribution < 1.29 is 9.21 Å². The maximum absolute atomic E-state index is 12.1. The number of amides is 1. The van der Waals surface area contributed by atoms with E-state index in [2.05, 4.69) is 20.6 Å². The van der Waals surface area contributed by atoms with Gasteiger partial charge in [0.15, 0.2) is 16.3 Å². The van der Waals surface area contributed by atoms with Gasteiger partial charge in [-0.3, -0.25) is 4.79 Å². The summed E-state index contributed by atoms with van der Waals surface area (Å²) < 4.78 is 5.74. The van der Waals surface area contributed by atoms with Gasteiger partial charge in [-0.05, 0) is 48.1 Å². The largest absolute Gasteiger partial charge is 0.434 e. The molecule has 7 heteroatoms. The molecule has 1 amide bonds. The first-order chi connectivity index (χ1) is 13.7. The molecule has 2 heterocycles. The molecular formula is C21H16N4O2S. The Labute approximate surface area is 166 Å². The van der Waals surface area contributed by atoms with Gasteiger partial charge in [0.25, 0.3) is 0 Å². The monoisotopic (exact) mass is 388 g/mol. The Balaban J connectivity index is 1.43. The van der Waals surface area contributed by atoms with Gasteiger partial charge < -0.3 is 15.1 Å². The smallest absolute Gasteiger partial charge is 0.230 e. The summed E-state index contributed by atoms with van der Waals surface area (Å²) >= 11 is 5.25. The fraction of sp³-hybridized carbons (Fsp3) is 0.0476. The molecular weight excluding hydrogens is 372 g/mol. The van der Waals surface area contributed by atoms with Crippen LogP contribution in [0, 0.1) is 0 Å². The second-order valence-electron chi connectivity index (χ2n) is 6.09. The third-order valence-corrected chi connectivity index (χ3v) is 4.20. The molecule has 4 aromatic rings. The average Bonchev–Trinajstić information content (AvgIpc) is 3.13. The number of aromatic nitrogens is 2. The van der Waals surface area contributed by atoms with Crippen LogP contribution in [-0.4, -0.2) is 21.0 Å². The summed E-state index contributed by atoms with van der Waals surface area (Å²) in [6.07, 6.45) is 1.93. The first kappa shape index (κ1) is 17.8. The minimum Gasteiger partial charge on any atom is -0.434 e. The van der Waals surface area contributed by atoms with Crippen molar-refractivity contribution in [2.75, 3.05) is 5.32 Å². The molecule has 6 nitrogen and oxygen atoms in total. The highest BCUT2D eigenvalue weighted by atomic mass is 32.1. The molecule has 4 rings (SSSR count). The van der Waals surface area contributed by atoms with Crippen molar-refractivity contribution in [3.63, 3.8) is 0 Å². The van der Waals surface area contributed by atoms with Crippen LogP contribution in [-0.2, 0) is 11.2 Å². The van der Waals surface area contributed by atoms with Gasteiger partial charge in [-0.2, -0.15) is 4.98 Å². The van der Waals surface area contributed by atoms with Crippen LogP contribution in [0.4, 0.5) is 5.69 Å². The third-order valence-electron chi connectivity index (χ3n) is 3.99. The van der Waals surface area contributed by atoms with Crippen LogP contribution in [0.25, 0.3) is 22.7 Å². The van der Waals surface area contributed by atoms with Crippen LogP contribution in [0.3, 0.4) is 0 Å². The lowest BCUT2D eigenvalue weighted by molar-refractivity contribution is -0.119. The molecule has 0 fully saturated rings. The molecule has 138 valence electrons. The molecule has 0 bridgehead atoms. The Bertz CT molecular complexity index is 1110. The molecule has 28 heavy (non-hydrogen) atoms. The number of nitrogens with one attached hydrogen (secondary N) is 2. The van der Waals surface area contributed by atoms with E-state index in [0.717, 1.165) is 16.8 Å². The molecule has 0 saturated carbocycles. The van der Waals surface area contributed by atoms with Gasteiger partial charge in [-0.25, -0.2) is 4.98 Å². The number of hydrogen-bond acceptors (Lipinski definition) is 5. The van der Waals surface area contributed by atoms with Crippen LogP contribution in [0.5, 0.6) is 0 Å². The fourth-order valence-corrected chi connectivity index (χ4v) is 2.97. The van der Waals surface area contributed by atoms with E-state index < -0.39 is 0 Å². The van der Waals surface area contributed by atoms with E-state index in [1.165, 1.54) is 0 Å². The van der Waals surface area contributed by atoms with Crippen molar-refractivity contribution in [2.24, 2.45) is 0 Å². The highest BCUT2D eigenvalue weighted by molar-refractivity contribution is 7.80. The summed E-state index contributed by atoms with van der Waals surface area (Å²) in [6.45, 7) is 0. The quantitative estimate of drug-likeness (QED) is 0.516. The zero-order valence-corrected chi connectivity index (χ0v) is 15.6. The number of thiocarbonyl (C=S) groups is 1. The van der Waals surface area contributed by atoms with E-state index in [1.807, 2.05) is 60.7 Å². The number of rotatable bonds is 4. The van der Waals surface area contributed by atoms with Gasteiger partial charge >= 0.3 is 0 Å². The van der Waals surface area contributed by atoms with Crippen LogP contribution in [0.15, 0.2) is 77.3 Å². The molecule has 0 aliphatic heterocycles.